The Morgan fingerprint density at radius 3 is 2.71 bits per heavy atom. The lowest BCUT2D eigenvalue weighted by Gasteiger charge is -2.16. The molecule has 3 nitrogen and oxygen atoms in total. The molecule has 0 bridgehead atoms. The first kappa shape index (κ1) is 17.5. The summed E-state index contributed by atoms with van der Waals surface area (Å²) in [6.07, 6.45) is 4.12. The topological polar surface area (TPSA) is 40.5 Å². The van der Waals surface area contributed by atoms with Crippen LogP contribution < -0.4 is 0 Å². The van der Waals surface area contributed by atoms with E-state index < -0.39 is 5.82 Å². The molecule has 0 atom stereocenters. The van der Waals surface area contributed by atoms with Crippen molar-refractivity contribution in [2.75, 3.05) is 6.54 Å². The number of hydrogen-bond acceptors (Lipinski definition) is 2. The fourth-order valence-electron chi connectivity index (χ4n) is 2.04. The molecule has 1 N–H and O–H groups in total. The predicted octanol–water partition coefficient (Wildman–Crippen LogP) is 4.46. The second kappa shape index (κ2) is 8.67. The molecule has 1 amide bonds. The molecule has 0 spiro atoms. The molecule has 1 saturated heterocycles. The van der Waals surface area contributed by atoms with Gasteiger partial charge in [-0.2, -0.15) is 0 Å². The van der Waals surface area contributed by atoms with Crippen LogP contribution in [0.15, 0.2) is 30.0 Å². The summed E-state index contributed by atoms with van der Waals surface area (Å²) in [4.78, 5) is 13.0. The molecule has 116 valence electrons. The number of amides is 1. The van der Waals surface area contributed by atoms with E-state index in [9.17, 15) is 9.18 Å². The normalized spacial score (nSPS) is 15.0. The largest absolute Gasteiger partial charge is 0.513 e. The second-order valence-electron chi connectivity index (χ2n) is 4.89. The number of aliphatic hydroxyl groups excluding tert-OH is 1. The number of nitrogens with zero attached hydrogens (tertiary/aromatic N) is 1. The molecule has 1 aliphatic rings. The van der Waals surface area contributed by atoms with Crippen LogP contribution in [0.4, 0.5) is 4.39 Å². The van der Waals surface area contributed by atoms with Crippen LogP contribution in [-0.4, -0.2) is 22.5 Å². The van der Waals surface area contributed by atoms with Gasteiger partial charge in [-0.1, -0.05) is 30.7 Å². The number of allylic oxidation sites excluding steroid dienone is 2. The Labute approximate surface area is 130 Å². The Morgan fingerprint density at radius 1 is 1.52 bits per heavy atom. The highest BCUT2D eigenvalue weighted by molar-refractivity contribution is 6.30. The van der Waals surface area contributed by atoms with E-state index in [4.69, 9.17) is 16.7 Å². The molecule has 1 aliphatic heterocycles. The second-order valence-corrected chi connectivity index (χ2v) is 5.29. The van der Waals surface area contributed by atoms with Gasteiger partial charge in [-0.15, -0.1) is 0 Å². The van der Waals surface area contributed by atoms with E-state index in [0.29, 0.717) is 30.8 Å². The van der Waals surface area contributed by atoms with Crippen molar-refractivity contribution in [1.82, 2.24) is 4.90 Å². The zero-order valence-electron chi connectivity index (χ0n) is 12.4. The van der Waals surface area contributed by atoms with Crippen LogP contribution in [0.1, 0.15) is 38.7 Å². The van der Waals surface area contributed by atoms with Crippen molar-refractivity contribution in [3.63, 3.8) is 0 Å². The molecule has 1 aromatic carbocycles. The first-order valence-electron chi connectivity index (χ1n) is 7.02. The van der Waals surface area contributed by atoms with E-state index in [1.807, 2.05) is 6.92 Å². The van der Waals surface area contributed by atoms with Gasteiger partial charge < -0.3 is 10.0 Å². The SMILES string of the molecule is CC/C=C(\C)O.O=C1CCCN1Cc1cccc(Cl)c1F. The monoisotopic (exact) mass is 313 g/mol. The lowest BCUT2D eigenvalue weighted by molar-refractivity contribution is -0.128. The smallest absolute Gasteiger partial charge is 0.222 e. The maximum atomic E-state index is 13.5. The Morgan fingerprint density at radius 2 is 2.24 bits per heavy atom. The summed E-state index contributed by atoms with van der Waals surface area (Å²) in [6.45, 7) is 4.69. The molecule has 0 saturated carbocycles. The van der Waals surface area contributed by atoms with Crippen LogP contribution in [0.3, 0.4) is 0 Å². The van der Waals surface area contributed by atoms with Gasteiger partial charge in [0.1, 0.15) is 5.82 Å². The number of benzene rings is 1. The summed E-state index contributed by atoms with van der Waals surface area (Å²) in [7, 11) is 0. The fraction of sp³-hybridized carbons (Fsp3) is 0.438. The number of carbonyl (C=O) groups excluding carboxylic acids is 1. The van der Waals surface area contributed by atoms with Gasteiger partial charge in [0.2, 0.25) is 5.91 Å². The first-order chi connectivity index (χ1) is 9.95. The third-order valence-electron chi connectivity index (χ3n) is 3.06. The van der Waals surface area contributed by atoms with Crippen LogP contribution in [0, 0.1) is 5.82 Å². The van der Waals surface area contributed by atoms with E-state index in [0.717, 1.165) is 12.8 Å². The molecule has 0 aromatic heterocycles. The van der Waals surface area contributed by atoms with Gasteiger partial charge >= 0.3 is 0 Å². The number of aliphatic hydroxyl groups is 1. The minimum Gasteiger partial charge on any atom is -0.513 e. The van der Waals surface area contributed by atoms with Crippen LogP contribution in [0.2, 0.25) is 5.02 Å². The van der Waals surface area contributed by atoms with E-state index >= 15 is 0 Å². The van der Waals surface area contributed by atoms with Crippen molar-refractivity contribution in [3.05, 3.63) is 46.4 Å². The Hall–Kier alpha value is -1.55. The lowest BCUT2D eigenvalue weighted by atomic mass is 10.2. The first-order valence-corrected chi connectivity index (χ1v) is 7.39. The quantitative estimate of drug-likeness (QED) is 0.837. The van der Waals surface area contributed by atoms with E-state index in [1.165, 1.54) is 6.07 Å². The van der Waals surface area contributed by atoms with E-state index in [2.05, 4.69) is 0 Å². The Bertz CT molecular complexity index is 513. The highest BCUT2D eigenvalue weighted by atomic mass is 35.5. The number of carbonyl (C=O) groups is 1. The zero-order valence-corrected chi connectivity index (χ0v) is 13.2. The van der Waals surface area contributed by atoms with E-state index in [1.54, 1.807) is 30.0 Å². The van der Waals surface area contributed by atoms with E-state index in [-0.39, 0.29) is 10.9 Å². The Kier molecular flexibility index (Phi) is 7.23. The van der Waals surface area contributed by atoms with Crippen molar-refractivity contribution in [2.24, 2.45) is 0 Å². The highest BCUT2D eigenvalue weighted by Gasteiger charge is 2.21. The van der Waals surface area contributed by atoms with Crippen molar-refractivity contribution in [3.8, 4) is 0 Å². The van der Waals surface area contributed by atoms with Crippen LogP contribution >= 0.6 is 11.6 Å². The molecule has 0 radical (unpaired) electrons. The number of rotatable bonds is 3. The lowest BCUT2D eigenvalue weighted by Crippen LogP contribution is -2.24. The maximum Gasteiger partial charge on any atom is 0.222 e. The average Bonchev–Trinajstić information content (AvgIpc) is 2.81. The van der Waals surface area contributed by atoms with Crippen molar-refractivity contribution in [1.29, 1.82) is 0 Å². The summed E-state index contributed by atoms with van der Waals surface area (Å²) in [6, 6.07) is 4.86. The third kappa shape index (κ3) is 5.76. The average molecular weight is 314 g/mol. The van der Waals surface area contributed by atoms with Crippen LogP contribution in [-0.2, 0) is 11.3 Å². The molecule has 1 aromatic rings. The maximum absolute atomic E-state index is 13.5. The van der Waals surface area contributed by atoms with Gasteiger partial charge in [-0.05, 0) is 31.9 Å². The van der Waals surface area contributed by atoms with Gasteiger partial charge in [0.15, 0.2) is 0 Å². The zero-order chi connectivity index (χ0) is 15.8. The van der Waals surface area contributed by atoms with Crippen LogP contribution in [0.25, 0.3) is 0 Å². The molecule has 0 aliphatic carbocycles. The van der Waals surface area contributed by atoms with Crippen molar-refractivity contribution < 1.29 is 14.3 Å². The fourth-order valence-corrected chi connectivity index (χ4v) is 2.24. The molecule has 2 rings (SSSR count). The third-order valence-corrected chi connectivity index (χ3v) is 3.36. The number of halogens is 2. The molecular formula is C16H21ClFNO2. The summed E-state index contributed by atoms with van der Waals surface area (Å²) < 4.78 is 13.5. The molecular weight excluding hydrogens is 293 g/mol. The summed E-state index contributed by atoms with van der Waals surface area (Å²) in [5.74, 6) is 0.0887. The minimum absolute atomic E-state index is 0.0920. The van der Waals surface area contributed by atoms with Gasteiger partial charge in [-0.3, -0.25) is 4.79 Å². The van der Waals surface area contributed by atoms with Gasteiger partial charge in [0.25, 0.3) is 0 Å². The highest BCUT2D eigenvalue weighted by Crippen LogP contribution is 2.21. The summed E-state index contributed by atoms with van der Waals surface area (Å²) in [5, 5.41) is 8.52. The Balaban J connectivity index is 0.000000315. The van der Waals surface area contributed by atoms with Gasteiger partial charge in [-0.25, -0.2) is 4.39 Å². The van der Waals surface area contributed by atoms with Gasteiger partial charge in [0, 0.05) is 25.1 Å². The summed E-state index contributed by atoms with van der Waals surface area (Å²) in [5.41, 5.74) is 0.484. The molecule has 1 fully saturated rings. The van der Waals surface area contributed by atoms with Crippen molar-refractivity contribution >= 4 is 17.5 Å². The van der Waals surface area contributed by atoms with Gasteiger partial charge in [0.05, 0.1) is 10.8 Å². The standard InChI is InChI=1S/C11H11ClFNO.C5H10O/c12-9-4-1-3-8(11(9)13)7-14-6-2-5-10(14)15;1-3-4-5(2)6/h1,3-4H,2,5-7H2;4,6H,3H2,1-2H3/b;5-4+. The van der Waals surface area contributed by atoms with Crippen molar-refractivity contribution in [2.45, 2.75) is 39.7 Å². The number of hydrogen-bond donors (Lipinski definition) is 1. The molecule has 1 heterocycles. The molecule has 5 heteroatoms. The minimum atomic E-state index is -0.418. The van der Waals surface area contributed by atoms with Crippen LogP contribution in [0.5, 0.6) is 0 Å². The number of likely N-dealkylation sites (tertiary alicyclic amines) is 1. The molecule has 21 heavy (non-hydrogen) atoms. The summed E-state index contributed by atoms with van der Waals surface area (Å²) >= 11 is 5.66. The predicted molar refractivity (Wildman–Crippen MR) is 82.7 cm³/mol. The molecule has 0 unspecified atom stereocenters.